The molecule has 0 saturated carbocycles. The Balaban J connectivity index is 4.17. The van der Waals surface area contributed by atoms with Crippen LogP contribution in [0.15, 0.2) is 146 Å². The number of likely N-dealkylation sites (N-methyl/N-ethyl adjacent to an activating group) is 1. The highest BCUT2D eigenvalue weighted by Gasteiger charge is 2.27. The van der Waals surface area contributed by atoms with Crippen molar-refractivity contribution in [2.45, 2.75) is 283 Å². The molecule has 0 aliphatic carbocycles. The van der Waals surface area contributed by atoms with Crippen molar-refractivity contribution >= 4 is 13.7 Å². The van der Waals surface area contributed by atoms with E-state index in [0.29, 0.717) is 17.4 Å². The van der Waals surface area contributed by atoms with E-state index >= 15 is 0 Å². The number of phosphoric acid groups is 1. The number of nitrogens with one attached hydrogen (secondary N) is 1. The van der Waals surface area contributed by atoms with Crippen LogP contribution in [0, 0.1) is 0 Å². The van der Waals surface area contributed by atoms with Gasteiger partial charge in [-0.15, -0.1) is 0 Å². The number of hydrogen-bond acceptors (Lipinski definition) is 5. The van der Waals surface area contributed by atoms with Gasteiger partial charge in [0, 0.05) is 6.42 Å². The number of carbonyl (C=O) groups excluding carboxylic acids is 1. The van der Waals surface area contributed by atoms with Crippen LogP contribution >= 0.6 is 7.82 Å². The summed E-state index contributed by atoms with van der Waals surface area (Å²) in [5.74, 6) is -0.198. The first-order valence-electron chi connectivity index (χ1n) is 34.2. The number of allylic oxidation sites excluding steroid dienone is 23. The molecule has 0 fully saturated rings. The molecular formula is C75H130N2O6P+. The summed E-state index contributed by atoms with van der Waals surface area (Å²) >= 11 is 0. The van der Waals surface area contributed by atoms with E-state index in [1.165, 1.54) is 141 Å². The maximum absolute atomic E-state index is 13.0. The topological polar surface area (TPSA) is 105 Å². The van der Waals surface area contributed by atoms with Crippen LogP contribution < -0.4 is 5.32 Å². The van der Waals surface area contributed by atoms with Crippen molar-refractivity contribution in [2.75, 3.05) is 40.9 Å². The van der Waals surface area contributed by atoms with Gasteiger partial charge in [-0.05, 0) is 116 Å². The summed E-state index contributed by atoms with van der Waals surface area (Å²) in [5, 5.41) is 14.0. The van der Waals surface area contributed by atoms with E-state index in [-0.39, 0.29) is 19.1 Å². The Kier molecular flexibility index (Phi) is 61.1. The molecule has 3 atom stereocenters. The predicted molar refractivity (Wildman–Crippen MR) is 368 cm³/mol. The lowest BCUT2D eigenvalue weighted by Crippen LogP contribution is -2.45. The molecule has 480 valence electrons. The molecule has 9 heteroatoms. The normalized spacial score (nSPS) is 14.6. The number of aliphatic hydroxyl groups is 1. The summed E-state index contributed by atoms with van der Waals surface area (Å²) in [6.07, 6.45) is 98.4. The van der Waals surface area contributed by atoms with Crippen LogP contribution in [0.2, 0.25) is 0 Å². The summed E-state index contributed by atoms with van der Waals surface area (Å²) in [7, 11) is 1.53. The van der Waals surface area contributed by atoms with Gasteiger partial charge in [0.25, 0.3) is 0 Å². The lowest BCUT2D eigenvalue weighted by atomic mass is 10.0. The standard InChI is InChI=1S/C75H129N2O6P/c1-6-8-10-12-14-16-18-20-22-24-26-28-30-31-32-33-34-35-36-37-38-39-40-41-42-43-44-45-47-49-51-53-55-57-59-61-63-65-67-69-75(79)76-73(72-83-84(80,81)82-71-70-77(3,4)5)74(78)68-66-64-62-60-58-56-54-52-50-48-46-29-27-25-23-21-19-17-15-13-11-9-7-2/h8,10,14,16,20,22,26,28,31-32,34-35,37-38,40-41,43-44,50,52,58,60,66,68,73-74,78H,6-7,9,11-13,15,17-19,21,23-25,27,29-30,33,36,39,42,45-49,51,53-57,59,61-65,67,69-72H2,1-5H3,(H-,76,79,80,81)/p+1/b10-8-,16-14-,22-20-,28-26-,32-31-,35-34-,38-37-,41-40-,44-43-,52-50+,60-58+,68-66+. The molecule has 0 aliphatic heterocycles. The lowest BCUT2D eigenvalue weighted by molar-refractivity contribution is -0.870. The van der Waals surface area contributed by atoms with Gasteiger partial charge < -0.3 is 19.8 Å². The van der Waals surface area contributed by atoms with Gasteiger partial charge in [0.15, 0.2) is 0 Å². The zero-order valence-electron chi connectivity index (χ0n) is 54.8. The number of nitrogens with zero attached hydrogens (tertiary/aromatic N) is 1. The zero-order chi connectivity index (χ0) is 61.2. The van der Waals surface area contributed by atoms with E-state index in [0.717, 1.165) is 109 Å². The summed E-state index contributed by atoms with van der Waals surface area (Å²) < 4.78 is 23.8. The van der Waals surface area contributed by atoms with Crippen molar-refractivity contribution in [3.8, 4) is 0 Å². The molecule has 0 aromatic carbocycles. The highest BCUT2D eigenvalue weighted by atomic mass is 31.2. The number of quaternary nitrogens is 1. The fourth-order valence-corrected chi connectivity index (χ4v) is 9.98. The molecule has 0 saturated heterocycles. The third-order valence-electron chi connectivity index (χ3n) is 14.5. The van der Waals surface area contributed by atoms with Crippen LogP contribution in [0.5, 0.6) is 0 Å². The molecular weight excluding hydrogens is 1060 g/mol. The minimum atomic E-state index is -4.37. The van der Waals surface area contributed by atoms with Gasteiger partial charge in [0.05, 0.1) is 39.9 Å². The highest BCUT2D eigenvalue weighted by Crippen LogP contribution is 2.43. The summed E-state index contributed by atoms with van der Waals surface area (Å²) in [6, 6.07) is -0.883. The van der Waals surface area contributed by atoms with E-state index in [4.69, 9.17) is 9.05 Å². The second kappa shape index (κ2) is 63.9. The maximum Gasteiger partial charge on any atom is 0.472 e. The van der Waals surface area contributed by atoms with Crippen molar-refractivity contribution in [3.05, 3.63) is 146 Å². The molecule has 3 unspecified atom stereocenters. The maximum atomic E-state index is 13.0. The molecule has 0 spiro atoms. The quantitative estimate of drug-likeness (QED) is 0.0243. The first-order chi connectivity index (χ1) is 41.0. The molecule has 0 aromatic heterocycles. The number of phosphoric ester groups is 1. The SMILES string of the molecule is CC/C=C\C/C=C\C/C=C\C/C=C\C/C=C\C/C=C\C/C=C\C/C=C\C/C=C\CCCCCCCCCCCCCC(=O)NC(COP(=O)(O)OCC[N+](C)(C)C)C(O)/C=C/CC/C=C/CC/C=C/CCCCCCCCCCCCCCC. The van der Waals surface area contributed by atoms with Gasteiger partial charge in [-0.3, -0.25) is 13.8 Å². The number of hydrogen-bond donors (Lipinski definition) is 3. The Morgan fingerprint density at radius 3 is 1.10 bits per heavy atom. The summed E-state index contributed by atoms with van der Waals surface area (Å²) in [6.45, 7) is 4.67. The Hall–Kier alpha value is -3.62. The smallest absolute Gasteiger partial charge is 0.387 e. The van der Waals surface area contributed by atoms with Crippen molar-refractivity contribution in [3.63, 3.8) is 0 Å². The average Bonchev–Trinajstić information content (AvgIpc) is 3.56. The lowest BCUT2D eigenvalue weighted by Gasteiger charge is -2.25. The predicted octanol–water partition coefficient (Wildman–Crippen LogP) is 22.0. The van der Waals surface area contributed by atoms with Crippen LogP contribution in [-0.2, 0) is 18.4 Å². The Bertz CT molecular complexity index is 1880. The minimum Gasteiger partial charge on any atom is -0.387 e. The first-order valence-corrected chi connectivity index (χ1v) is 35.7. The molecule has 0 aromatic rings. The monoisotopic (exact) mass is 1190 g/mol. The zero-order valence-corrected chi connectivity index (χ0v) is 55.7. The van der Waals surface area contributed by atoms with Gasteiger partial charge in [-0.25, -0.2) is 4.57 Å². The summed E-state index contributed by atoms with van der Waals surface area (Å²) in [4.78, 5) is 23.4. The van der Waals surface area contributed by atoms with Crippen molar-refractivity contribution in [1.29, 1.82) is 0 Å². The fraction of sp³-hybridized carbons (Fsp3) is 0.667. The van der Waals surface area contributed by atoms with E-state index in [9.17, 15) is 19.4 Å². The first kappa shape index (κ1) is 80.4. The highest BCUT2D eigenvalue weighted by molar-refractivity contribution is 7.47. The third-order valence-corrected chi connectivity index (χ3v) is 15.5. The largest absolute Gasteiger partial charge is 0.472 e. The van der Waals surface area contributed by atoms with Crippen LogP contribution in [0.3, 0.4) is 0 Å². The van der Waals surface area contributed by atoms with E-state index < -0.39 is 20.0 Å². The van der Waals surface area contributed by atoms with Gasteiger partial charge in [0.2, 0.25) is 5.91 Å². The number of unbranched alkanes of at least 4 members (excludes halogenated alkanes) is 26. The molecule has 1 amide bonds. The van der Waals surface area contributed by atoms with Crippen molar-refractivity contribution in [1.82, 2.24) is 5.32 Å². The second-order valence-electron chi connectivity index (χ2n) is 23.8. The van der Waals surface area contributed by atoms with Crippen LogP contribution in [-0.4, -0.2) is 73.4 Å². The Morgan fingerprint density at radius 2 is 0.726 bits per heavy atom. The number of carbonyl (C=O) groups is 1. The van der Waals surface area contributed by atoms with Crippen LogP contribution in [0.4, 0.5) is 0 Å². The number of amides is 1. The van der Waals surface area contributed by atoms with E-state index in [1.54, 1.807) is 6.08 Å². The fourth-order valence-electron chi connectivity index (χ4n) is 9.24. The molecule has 8 nitrogen and oxygen atoms in total. The summed E-state index contributed by atoms with van der Waals surface area (Å²) in [5.41, 5.74) is 0. The molecule has 3 N–H and O–H groups in total. The molecule has 84 heavy (non-hydrogen) atoms. The Labute approximate surface area is 519 Å². The van der Waals surface area contributed by atoms with Gasteiger partial charge in [-0.1, -0.05) is 295 Å². The van der Waals surface area contributed by atoms with Crippen LogP contribution in [0.25, 0.3) is 0 Å². The van der Waals surface area contributed by atoms with E-state index in [2.05, 4.69) is 153 Å². The molecule has 0 radical (unpaired) electrons. The molecule has 0 heterocycles. The van der Waals surface area contributed by atoms with Gasteiger partial charge in [-0.2, -0.15) is 0 Å². The van der Waals surface area contributed by atoms with Crippen molar-refractivity contribution < 1.29 is 32.9 Å². The molecule has 0 rings (SSSR count). The second-order valence-corrected chi connectivity index (χ2v) is 25.3. The van der Waals surface area contributed by atoms with E-state index in [1.807, 2.05) is 27.2 Å². The van der Waals surface area contributed by atoms with Crippen molar-refractivity contribution in [2.24, 2.45) is 0 Å². The number of rotatable bonds is 61. The minimum absolute atomic E-state index is 0.0465. The average molecular weight is 1190 g/mol. The Morgan fingerprint density at radius 1 is 0.417 bits per heavy atom. The third kappa shape index (κ3) is 65.9. The van der Waals surface area contributed by atoms with Crippen LogP contribution in [0.1, 0.15) is 271 Å². The number of aliphatic hydroxyl groups excluding tert-OH is 1. The molecule has 0 aliphatic rings. The van der Waals surface area contributed by atoms with Gasteiger partial charge in [0.1, 0.15) is 13.2 Å². The molecule has 0 bridgehead atoms. The van der Waals surface area contributed by atoms with Gasteiger partial charge >= 0.3 is 7.82 Å².